The monoisotopic (exact) mass is 422 g/mol. The predicted molar refractivity (Wildman–Crippen MR) is 111 cm³/mol. The van der Waals surface area contributed by atoms with E-state index in [4.69, 9.17) is 14.2 Å². The lowest BCUT2D eigenvalue weighted by atomic mass is 10.1. The number of aromatic amines is 1. The maximum absolute atomic E-state index is 12.3. The molecule has 0 radical (unpaired) electrons. The van der Waals surface area contributed by atoms with Crippen LogP contribution < -0.4 is 25.1 Å². The Morgan fingerprint density at radius 3 is 2.84 bits per heavy atom. The van der Waals surface area contributed by atoms with Gasteiger partial charge in [0.15, 0.2) is 11.5 Å². The normalized spacial score (nSPS) is 11.9. The predicted octanol–water partition coefficient (Wildman–Crippen LogP) is 1.74. The van der Waals surface area contributed by atoms with Crippen LogP contribution in [0.3, 0.4) is 0 Å². The number of amides is 1. The molecule has 0 fully saturated rings. The molecule has 1 aliphatic rings. The zero-order valence-corrected chi connectivity index (χ0v) is 17.0. The highest BCUT2D eigenvalue weighted by molar-refractivity contribution is 5.76. The molecule has 0 saturated carbocycles. The fourth-order valence-electron chi connectivity index (χ4n) is 3.24. The van der Waals surface area contributed by atoms with E-state index in [0.29, 0.717) is 36.0 Å². The van der Waals surface area contributed by atoms with Gasteiger partial charge >= 0.3 is 0 Å². The van der Waals surface area contributed by atoms with Gasteiger partial charge in [-0.05, 0) is 23.8 Å². The first-order chi connectivity index (χ1) is 15.1. The second-order valence-corrected chi connectivity index (χ2v) is 7.00. The molecule has 3 aromatic rings. The van der Waals surface area contributed by atoms with E-state index < -0.39 is 0 Å². The molecule has 4 rings (SSSR count). The van der Waals surface area contributed by atoms with E-state index in [9.17, 15) is 9.59 Å². The first kappa shape index (κ1) is 20.4. The van der Waals surface area contributed by atoms with E-state index in [2.05, 4.69) is 20.5 Å². The number of carbonyl (C=O) groups is 1. The molecule has 2 aromatic carbocycles. The fourth-order valence-corrected chi connectivity index (χ4v) is 3.24. The van der Waals surface area contributed by atoms with Gasteiger partial charge in [0.2, 0.25) is 12.7 Å². The highest BCUT2D eigenvalue weighted by atomic mass is 16.7. The summed E-state index contributed by atoms with van der Waals surface area (Å²) < 4.78 is 15.9. The molecule has 160 valence electrons. The highest BCUT2D eigenvalue weighted by Gasteiger charge is 2.14. The summed E-state index contributed by atoms with van der Waals surface area (Å²) >= 11 is 0. The van der Waals surface area contributed by atoms with Crippen molar-refractivity contribution in [2.45, 2.75) is 25.8 Å². The average Bonchev–Trinajstić information content (AvgIpc) is 3.25. The Morgan fingerprint density at radius 1 is 1.16 bits per heavy atom. The topological polar surface area (TPSA) is 115 Å². The van der Waals surface area contributed by atoms with Crippen LogP contribution >= 0.6 is 0 Å². The molecular weight excluding hydrogens is 400 g/mol. The minimum Gasteiger partial charge on any atom is -0.496 e. The van der Waals surface area contributed by atoms with Gasteiger partial charge in [-0.2, -0.15) is 0 Å². The third kappa shape index (κ3) is 5.00. The van der Waals surface area contributed by atoms with E-state index in [1.165, 1.54) is 0 Å². The summed E-state index contributed by atoms with van der Waals surface area (Å²) in [7, 11) is 1.59. The fraction of sp³-hybridized carbons (Fsp3) is 0.273. The molecule has 9 heteroatoms. The van der Waals surface area contributed by atoms with Crippen LogP contribution in [0.2, 0.25) is 0 Å². The molecule has 0 bridgehead atoms. The summed E-state index contributed by atoms with van der Waals surface area (Å²) in [4.78, 5) is 27.2. The lowest BCUT2D eigenvalue weighted by Gasteiger charge is -2.08. The summed E-state index contributed by atoms with van der Waals surface area (Å²) in [6.45, 7) is 0.563. The number of hydrogen-bond donors (Lipinski definition) is 2. The minimum atomic E-state index is -0.344. The van der Waals surface area contributed by atoms with Gasteiger partial charge in [0.25, 0.3) is 5.56 Å². The van der Waals surface area contributed by atoms with Crippen LogP contribution in [0.15, 0.2) is 47.3 Å². The van der Waals surface area contributed by atoms with Crippen molar-refractivity contribution < 1.29 is 19.0 Å². The summed E-state index contributed by atoms with van der Waals surface area (Å²) in [6, 6.07) is 13.0. The summed E-state index contributed by atoms with van der Waals surface area (Å²) in [5.74, 6) is 2.33. The van der Waals surface area contributed by atoms with Crippen LogP contribution in [-0.2, 0) is 24.2 Å². The van der Waals surface area contributed by atoms with Gasteiger partial charge in [0, 0.05) is 31.4 Å². The molecule has 0 atom stereocenters. The minimum absolute atomic E-state index is 0.133. The Hall–Kier alpha value is -3.88. The Labute approximate surface area is 178 Å². The zero-order chi connectivity index (χ0) is 21.6. The molecule has 0 unspecified atom stereocenters. The van der Waals surface area contributed by atoms with Crippen LogP contribution in [0.25, 0.3) is 0 Å². The lowest BCUT2D eigenvalue weighted by Crippen LogP contribution is -2.25. The van der Waals surface area contributed by atoms with Crippen molar-refractivity contribution in [3.8, 4) is 17.2 Å². The number of ether oxygens (including phenoxy) is 3. The smallest absolute Gasteiger partial charge is 0.272 e. The van der Waals surface area contributed by atoms with E-state index in [1.807, 2.05) is 42.5 Å². The number of nitrogens with one attached hydrogen (secondary N) is 2. The Morgan fingerprint density at radius 2 is 2.00 bits per heavy atom. The number of benzene rings is 2. The van der Waals surface area contributed by atoms with Crippen molar-refractivity contribution in [1.29, 1.82) is 0 Å². The average molecular weight is 422 g/mol. The molecule has 2 heterocycles. The first-order valence-corrected chi connectivity index (χ1v) is 9.84. The third-order valence-electron chi connectivity index (χ3n) is 4.88. The number of H-pyrrole nitrogens is 1. The van der Waals surface area contributed by atoms with Crippen molar-refractivity contribution >= 4 is 5.91 Å². The van der Waals surface area contributed by atoms with Crippen LogP contribution in [0, 0.1) is 0 Å². The first-order valence-electron chi connectivity index (χ1n) is 9.84. The number of methoxy groups -OCH3 is 1. The van der Waals surface area contributed by atoms with Gasteiger partial charge in [-0.25, -0.2) is 0 Å². The number of fused-ring (bicyclic) bond motifs is 1. The highest BCUT2D eigenvalue weighted by Crippen LogP contribution is 2.32. The SMILES string of the molecule is COc1ccccc1Cc1nnc(CCC(=O)NCc2ccc3c(c2)OCO3)c(=O)[nH]1. The van der Waals surface area contributed by atoms with Gasteiger partial charge < -0.3 is 24.5 Å². The maximum atomic E-state index is 12.3. The van der Waals surface area contributed by atoms with Crippen molar-refractivity contribution in [3.05, 3.63) is 75.5 Å². The zero-order valence-electron chi connectivity index (χ0n) is 17.0. The number of carbonyl (C=O) groups excluding carboxylic acids is 1. The Bertz CT molecular complexity index is 1140. The van der Waals surface area contributed by atoms with Crippen LogP contribution in [0.4, 0.5) is 0 Å². The summed E-state index contributed by atoms with van der Waals surface area (Å²) in [5, 5.41) is 10.9. The van der Waals surface area contributed by atoms with Crippen LogP contribution in [-0.4, -0.2) is 35.0 Å². The van der Waals surface area contributed by atoms with E-state index in [1.54, 1.807) is 7.11 Å². The van der Waals surface area contributed by atoms with Gasteiger partial charge in [-0.3, -0.25) is 9.59 Å². The van der Waals surface area contributed by atoms with Crippen LogP contribution in [0.1, 0.15) is 29.1 Å². The standard InChI is InChI=1S/C22H22N4O5/c1-29-17-5-3-2-4-15(17)11-20-24-22(28)16(25-26-20)7-9-21(27)23-12-14-6-8-18-19(10-14)31-13-30-18/h2-6,8,10H,7,9,11-13H2,1H3,(H,23,27)(H,24,26,28). The van der Waals surface area contributed by atoms with Crippen molar-refractivity contribution in [2.75, 3.05) is 13.9 Å². The summed E-state index contributed by atoms with van der Waals surface area (Å²) in [6.07, 6.45) is 0.723. The van der Waals surface area contributed by atoms with Crippen molar-refractivity contribution in [3.63, 3.8) is 0 Å². The van der Waals surface area contributed by atoms with Gasteiger partial charge in [-0.15, -0.1) is 10.2 Å². The number of para-hydroxylation sites is 1. The quantitative estimate of drug-likeness (QED) is 0.568. The second-order valence-electron chi connectivity index (χ2n) is 7.00. The number of nitrogens with zero attached hydrogens (tertiary/aromatic N) is 2. The third-order valence-corrected chi connectivity index (χ3v) is 4.88. The molecule has 0 aliphatic carbocycles. The molecule has 1 amide bonds. The van der Waals surface area contributed by atoms with Crippen molar-refractivity contribution in [2.24, 2.45) is 0 Å². The van der Waals surface area contributed by atoms with Crippen molar-refractivity contribution in [1.82, 2.24) is 20.5 Å². The van der Waals surface area contributed by atoms with Gasteiger partial charge in [-0.1, -0.05) is 24.3 Å². The number of hydrogen-bond acceptors (Lipinski definition) is 7. The number of aromatic nitrogens is 3. The molecule has 0 spiro atoms. The van der Waals surface area contributed by atoms with Gasteiger partial charge in [0.05, 0.1) is 7.11 Å². The molecule has 1 aromatic heterocycles. The van der Waals surface area contributed by atoms with Crippen LogP contribution in [0.5, 0.6) is 17.2 Å². The van der Waals surface area contributed by atoms with E-state index in [-0.39, 0.29) is 36.8 Å². The molecule has 9 nitrogen and oxygen atoms in total. The van der Waals surface area contributed by atoms with E-state index in [0.717, 1.165) is 11.1 Å². The Kier molecular flexibility index (Phi) is 6.11. The molecule has 2 N–H and O–H groups in total. The number of aryl methyl sites for hydroxylation is 1. The molecule has 1 aliphatic heterocycles. The molecular formula is C22H22N4O5. The summed E-state index contributed by atoms with van der Waals surface area (Å²) in [5.41, 5.74) is 1.67. The molecule has 0 saturated heterocycles. The maximum Gasteiger partial charge on any atom is 0.272 e. The number of rotatable bonds is 8. The lowest BCUT2D eigenvalue weighted by molar-refractivity contribution is -0.121. The Balaban J connectivity index is 1.30. The van der Waals surface area contributed by atoms with Gasteiger partial charge in [0.1, 0.15) is 17.3 Å². The van der Waals surface area contributed by atoms with E-state index >= 15 is 0 Å². The largest absolute Gasteiger partial charge is 0.496 e. The molecule has 31 heavy (non-hydrogen) atoms. The second kappa shape index (κ2) is 9.29.